The molecule has 1 aliphatic rings. The minimum Gasteiger partial charge on any atom is -0.496 e. The first-order valence-corrected chi connectivity index (χ1v) is 8.30. The second kappa shape index (κ2) is 8.40. The highest BCUT2D eigenvalue weighted by Gasteiger charge is 2.17. The number of nitrogens with one attached hydrogen (secondary N) is 2. The third-order valence-corrected chi connectivity index (χ3v) is 4.34. The van der Waals surface area contributed by atoms with Crippen LogP contribution in [0.5, 0.6) is 5.75 Å². The Balaban J connectivity index is 1.79. The average Bonchev–Trinajstić information content (AvgIpc) is 2.48. The normalized spacial score (nSPS) is 21.8. The Hall–Kier alpha value is -1.06. The molecule has 1 fully saturated rings. The molecule has 3 heteroatoms. The number of ether oxygens (including phenoxy) is 1. The van der Waals surface area contributed by atoms with Crippen molar-refractivity contribution in [3.8, 4) is 5.75 Å². The molecule has 0 aliphatic carbocycles. The third kappa shape index (κ3) is 5.33. The Morgan fingerprint density at radius 2 is 2.05 bits per heavy atom. The fourth-order valence-corrected chi connectivity index (χ4v) is 3.37. The van der Waals surface area contributed by atoms with Gasteiger partial charge in [0.25, 0.3) is 0 Å². The van der Waals surface area contributed by atoms with Crippen LogP contribution in [0.1, 0.15) is 45.1 Å². The standard InChI is InChI=1S/C18H30N2O/c1-14(12-16-8-4-5-10-18(16)21-3)20-15(2)13-17-9-6-7-11-19-17/h4-5,8,10,14-15,17,19-20H,6-7,9,11-13H2,1-3H3. The SMILES string of the molecule is COc1ccccc1CC(C)NC(C)CC1CCCCN1. The van der Waals surface area contributed by atoms with Crippen molar-refractivity contribution in [2.24, 2.45) is 0 Å². The van der Waals surface area contributed by atoms with Gasteiger partial charge >= 0.3 is 0 Å². The molecular formula is C18H30N2O. The van der Waals surface area contributed by atoms with Gasteiger partial charge in [0, 0.05) is 18.1 Å². The molecule has 2 rings (SSSR count). The summed E-state index contributed by atoms with van der Waals surface area (Å²) in [5.74, 6) is 0.993. The second-order valence-electron chi connectivity index (χ2n) is 6.37. The number of methoxy groups -OCH3 is 1. The van der Waals surface area contributed by atoms with Crippen LogP contribution in [-0.4, -0.2) is 31.8 Å². The minimum absolute atomic E-state index is 0.458. The molecule has 0 spiro atoms. The van der Waals surface area contributed by atoms with E-state index in [0.717, 1.165) is 12.2 Å². The van der Waals surface area contributed by atoms with Gasteiger partial charge in [0.05, 0.1) is 7.11 Å². The molecule has 0 saturated carbocycles. The van der Waals surface area contributed by atoms with Gasteiger partial charge in [-0.15, -0.1) is 0 Å². The zero-order valence-corrected chi connectivity index (χ0v) is 13.7. The lowest BCUT2D eigenvalue weighted by molar-refractivity contribution is 0.331. The topological polar surface area (TPSA) is 33.3 Å². The van der Waals surface area contributed by atoms with Crippen molar-refractivity contribution in [2.75, 3.05) is 13.7 Å². The van der Waals surface area contributed by atoms with E-state index in [2.05, 4.69) is 36.6 Å². The first-order valence-electron chi connectivity index (χ1n) is 8.30. The average molecular weight is 290 g/mol. The molecule has 1 aromatic carbocycles. The summed E-state index contributed by atoms with van der Waals surface area (Å²) in [7, 11) is 1.74. The monoisotopic (exact) mass is 290 g/mol. The molecule has 1 saturated heterocycles. The van der Waals surface area contributed by atoms with Gasteiger partial charge in [-0.3, -0.25) is 0 Å². The van der Waals surface area contributed by atoms with E-state index in [0.29, 0.717) is 18.1 Å². The molecule has 1 aliphatic heterocycles. The highest BCUT2D eigenvalue weighted by Crippen LogP contribution is 2.19. The van der Waals surface area contributed by atoms with E-state index in [4.69, 9.17) is 4.74 Å². The van der Waals surface area contributed by atoms with Crippen LogP contribution in [0.3, 0.4) is 0 Å². The molecule has 3 atom stereocenters. The maximum atomic E-state index is 5.43. The van der Waals surface area contributed by atoms with E-state index in [1.807, 2.05) is 12.1 Å². The molecule has 118 valence electrons. The Labute approximate surface area is 129 Å². The summed E-state index contributed by atoms with van der Waals surface area (Å²) in [6.07, 6.45) is 6.26. The lowest BCUT2D eigenvalue weighted by atomic mass is 9.98. The predicted octanol–water partition coefficient (Wildman–Crippen LogP) is 3.14. The van der Waals surface area contributed by atoms with Gasteiger partial charge < -0.3 is 15.4 Å². The summed E-state index contributed by atoms with van der Waals surface area (Å²) in [4.78, 5) is 0. The summed E-state index contributed by atoms with van der Waals surface area (Å²) in [5, 5.41) is 7.36. The lowest BCUT2D eigenvalue weighted by Gasteiger charge is -2.28. The maximum Gasteiger partial charge on any atom is 0.122 e. The summed E-state index contributed by atoms with van der Waals surface area (Å²) < 4.78 is 5.43. The number of benzene rings is 1. The number of rotatable bonds is 7. The molecule has 3 nitrogen and oxygen atoms in total. The van der Waals surface area contributed by atoms with Crippen molar-refractivity contribution in [1.29, 1.82) is 0 Å². The first-order chi connectivity index (χ1) is 10.2. The van der Waals surface area contributed by atoms with Gasteiger partial charge in [-0.25, -0.2) is 0 Å². The van der Waals surface area contributed by atoms with Crippen molar-refractivity contribution in [3.05, 3.63) is 29.8 Å². The Morgan fingerprint density at radius 3 is 2.76 bits per heavy atom. The van der Waals surface area contributed by atoms with Gasteiger partial charge in [-0.2, -0.15) is 0 Å². The maximum absolute atomic E-state index is 5.43. The van der Waals surface area contributed by atoms with E-state index in [-0.39, 0.29) is 0 Å². The summed E-state index contributed by atoms with van der Waals surface area (Å²) >= 11 is 0. The Kier molecular flexibility index (Phi) is 6.52. The lowest BCUT2D eigenvalue weighted by Crippen LogP contribution is -2.42. The number of hydrogen-bond donors (Lipinski definition) is 2. The van der Waals surface area contributed by atoms with Gasteiger partial charge in [-0.05, 0) is 57.7 Å². The van der Waals surface area contributed by atoms with Crippen LogP contribution >= 0.6 is 0 Å². The zero-order chi connectivity index (χ0) is 15.1. The quantitative estimate of drug-likeness (QED) is 0.809. The Morgan fingerprint density at radius 1 is 1.24 bits per heavy atom. The third-order valence-electron chi connectivity index (χ3n) is 4.34. The van der Waals surface area contributed by atoms with Crippen LogP contribution in [-0.2, 0) is 6.42 Å². The van der Waals surface area contributed by atoms with Gasteiger partial charge in [0.1, 0.15) is 5.75 Å². The largest absolute Gasteiger partial charge is 0.496 e. The number of hydrogen-bond acceptors (Lipinski definition) is 3. The molecule has 3 unspecified atom stereocenters. The van der Waals surface area contributed by atoms with Crippen molar-refractivity contribution in [2.45, 2.75) is 64.1 Å². The molecule has 2 N–H and O–H groups in total. The van der Waals surface area contributed by atoms with Crippen LogP contribution < -0.4 is 15.4 Å². The minimum atomic E-state index is 0.458. The van der Waals surface area contributed by atoms with Crippen LogP contribution in [0.4, 0.5) is 0 Å². The van der Waals surface area contributed by atoms with E-state index in [1.54, 1.807) is 7.11 Å². The van der Waals surface area contributed by atoms with Crippen LogP contribution in [0.2, 0.25) is 0 Å². The van der Waals surface area contributed by atoms with Crippen LogP contribution in [0, 0.1) is 0 Å². The van der Waals surface area contributed by atoms with E-state index >= 15 is 0 Å². The molecule has 0 bridgehead atoms. The molecule has 0 radical (unpaired) electrons. The van der Waals surface area contributed by atoms with Crippen LogP contribution in [0.15, 0.2) is 24.3 Å². The van der Waals surface area contributed by atoms with E-state index in [1.165, 1.54) is 37.8 Å². The molecule has 0 aromatic heterocycles. The number of piperidine rings is 1. The highest BCUT2D eigenvalue weighted by molar-refractivity contribution is 5.33. The predicted molar refractivity (Wildman–Crippen MR) is 89.0 cm³/mol. The van der Waals surface area contributed by atoms with Crippen molar-refractivity contribution in [1.82, 2.24) is 10.6 Å². The zero-order valence-electron chi connectivity index (χ0n) is 13.7. The van der Waals surface area contributed by atoms with Gasteiger partial charge in [0.2, 0.25) is 0 Å². The number of para-hydroxylation sites is 1. The van der Waals surface area contributed by atoms with Crippen molar-refractivity contribution >= 4 is 0 Å². The van der Waals surface area contributed by atoms with Gasteiger partial charge in [0.15, 0.2) is 0 Å². The Bertz CT molecular complexity index is 415. The van der Waals surface area contributed by atoms with Crippen LogP contribution in [0.25, 0.3) is 0 Å². The summed E-state index contributed by atoms with van der Waals surface area (Å²) in [5.41, 5.74) is 1.28. The smallest absolute Gasteiger partial charge is 0.122 e. The highest BCUT2D eigenvalue weighted by atomic mass is 16.5. The molecule has 1 aromatic rings. The van der Waals surface area contributed by atoms with Gasteiger partial charge in [-0.1, -0.05) is 24.6 Å². The molecule has 21 heavy (non-hydrogen) atoms. The molecule has 0 amide bonds. The fraction of sp³-hybridized carbons (Fsp3) is 0.667. The second-order valence-corrected chi connectivity index (χ2v) is 6.37. The first kappa shape index (κ1) is 16.3. The fourth-order valence-electron chi connectivity index (χ4n) is 3.37. The van der Waals surface area contributed by atoms with Crippen molar-refractivity contribution in [3.63, 3.8) is 0 Å². The summed E-state index contributed by atoms with van der Waals surface area (Å²) in [6.45, 7) is 5.75. The molecule has 1 heterocycles. The van der Waals surface area contributed by atoms with E-state index < -0.39 is 0 Å². The molecular weight excluding hydrogens is 260 g/mol. The van der Waals surface area contributed by atoms with E-state index in [9.17, 15) is 0 Å². The summed E-state index contributed by atoms with van der Waals surface area (Å²) in [6, 6.07) is 10.0. The van der Waals surface area contributed by atoms with Crippen molar-refractivity contribution < 1.29 is 4.74 Å².